The molecule has 2 N–H and O–H groups in total. The number of hydrogen-bond donors (Lipinski definition) is 2. The quantitative estimate of drug-likeness (QED) is 0.759. The fourth-order valence-electron chi connectivity index (χ4n) is 2.87. The third kappa shape index (κ3) is 6.14. The van der Waals surface area contributed by atoms with E-state index in [1.165, 1.54) is 0 Å². The van der Waals surface area contributed by atoms with Gasteiger partial charge in [0.2, 0.25) is 5.91 Å². The average molecular weight is 396 g/mol. The van der Waals surface area contributed by atoms with Crippen molar-refractivity contribution in [3.8, 4) is 0 Å². The molecular formula is C17H18F6N2O2. The lowest BCUT2D eigenvalue weighted by Gasteiger charge is -2.22. The van der Waals surface area contributed by atoms with Gasteiger partial charge in [0.15, 0.2) is 0 Å². The SMILES string of the molecule is O=C(CNC(=O)c1cc(C(F)(F)F)cc(C(F)(F)F)c1)NC1CCCCC1. The Kier molecular flexibility index (Phi) is 6.38. The van der Waals surface area contributed by atoms with Gasteiger partial charge in [-0.25, -0.2) is 0 Å². The van der Waals surface area contributed by atoms with Crippen molar-refractivity contribution in [3.05, 3.63) is 34.9 Å². The molecule has 150 valence electrons. The lowest BCUT2D eigenvalue weighted by molar-refractivity contribution is -0.143. The molecule has 4 nitrogen and oxygen atoms in total. The Morgan fingerprint density at radius 1 is 0.889 bits per heavy atom. The highest BCUT2D eigenvalue weighted by Gasteiger charge is 2.37. The third-order valence-corrected chi connectivity index (χ3v) is 4.23. The van der Waals surface area contributed by atoms with Crippen LogP contribution in [0.3, 0.4) is 0 Å². The molecule has 10 heteroatoms. The van der Waals surface area contributed by atoms with Crippen molar-refractivity contribution in [1.29, 1.82) is 0 Å². The second-order valence-corrected chi connectivity index (χ2v) is 6.38. The highest BCUT2D eigenvalue weighted by atomic mass is 19.4. The molecule has 0 unspecified atom stereocenters. The molecule has 0 aliphatic heterocycles. The van der Waals surface area contributed by atoms with Crippen LogP contribution in [-0.2, 0) is 17.1 Å². The Morgan fingerprint density at radius 2 is 1.41 bits per heavy atom. The van der Waals surface area contributed by atoms with Gasteiger partial charge in [-0.1, -0.05) is 19.3 Å². The van der Waals surface area contributed by atoms with Crippen molar-refractivity contribution in [2.24, 2.45) is 0 Å². The van der Waals surface area contributed by atoms with E-state index >= 15 is 0 Å². The van der Waals surface area contributed by atoms with E-state index in [0.717, 1.165) is 32.1 Å². The highest BCUT2D eigenvalue weighted by molar-refractivity contribution is 5.96. The maximum Gasteiger partial charge on any atom is 0.416 e. The Balaban J connectivity index is 2.07. The van der Waals surface area contributed by atoms with E-state index in [1.54, 1.807) is 0 Å². The molecule has 1 aromatic rings. The van der Waals surface area contributed by atoms with Crippen LogP contribution in [0.2, 0.25) is 0 Å². The zero-order valence-corrected chi connectivity index (χ0v) is 14.1. The van der Waals surface area contributed by atoms with Crippen LogP contribution < -0.4 is 10.6 Å². The first kappa shape index (κ1) is 21.0. The molecule has 1 aromatic carbocycles. The van der Waals surface area contributed by atoms with E-state index < -0.39 is 47.4 Å². The Labute approximate surface area is 151 Å². The van der Waals surface area contributed by atoms with Gasteiger partial charge >= 0.3 is 12.4 Å². The summed E-state index contributed by atoms with van der Waals surface area (Å²) in [5.41, 5.74) is -3.99. The lowest BCUT2D eigenvalue weighted by Crippen LogP contribution is -2.42. The summed E-state index contributed by atoms with van der Waals surface area (Å²) in [5, 5.41) is 4.74. The van der Waals surface area contributed by atoms with Crippen LogP contribution in [0.15, 0.2) is 18.2 Å². The van der Waals surface area contributed by atoms with E-state index in [1.807, 2.05) is 0 Å². The predicted molar refractivity (Wildman–Crippen MR) is 83.8 cm³/mol. The summed E-state index contributed by atoms with van der Waals surface area (Å²) in [6.45, 7) is -0.535. The third-order valence-electron chi connectivity index (χ3n) is 4.23. The molecule has 0 heterocycles. The molecule has 0 aromatic heterocycles. The standard InChI is InChI=1S/C17H18F6N2O2/c18-16(19,20)11-6-10(7-12(8-11)17(21,22)23)15(27)24-9-14(26)25-13-4-2-1-3-5-13/h6-8,13H,1-5,9H2,(H,24,27)(H,25,26). The van der Waals surface area contributed by atoms with Gasteiger partial charge in [0.1, 0.15) is 0 Å². The van der Waals surface area contributed by atoms with Gasteiger partial charge in [0.25, 0.3) is 5.91 Å². The second kappa shape index (κ2) is 8.18. The summed E-state index contributed by atoms with van der Waals surface area (Å²) in [4.78, 5) is 23.8. The summed E-state index contributed by atoms with van der Waals surface area (Å²) < 4.78 is 76.9. The number of hydrogen-bond acceptors (Lipinski definition) is 2. The van der Waals surface area contributed by atoms with Crippen LogP contribution in [0.1, 0.15) is 53.6 Å². The molecule has 0 radical (unpaired) electrons. The molecule has 2 amide bonds. The fraction of sp³-hybridized carbons (Fsp3) is 0.529. The summed E-state index contributed by atoms with van der Waals surface area (Å²) in [7, 11) is 0. The van der Waals surface area contributed by atoms with Crippen molar-refractivity contribution < 1.29 is 35.9 Å². The molecule has 0 spiro atoms. The molecule has 1 aliphatic carbocycles. The first-order valence-corrected chi connectivity index (χ1v) is 8.34. The lowest BCUT2D eigenvalue weighted by atomic mass is 9.95. The topological polar surface area (TPSA) is 58.2 Å². The summed E-state index contributed by atoms with van der Waals surface area (Å²) in [6, 6.07) is 0.549. The van der Waals surface area contributed by atoms with Crippen LogP contribution in [-0.4, -0.2) is 24.4 Å². The molecule has 27 heavy (non-hydrogen) atoms. The van der Waals surface area contributed by atoms with Gasteiger partial charge in [-0.2, -0.15) is 26.3 Å². The number of benzene rings is 1. The molecular weight excluding hydrogens is 378 g/mol. The number of carbonyl (C=O) groups excluding carboxylic acids is 2. The number of halogens is 6. The first-order valence-electron chi connectivity index (χ1n) is 8.34. The van der Waals surface area contributed by atoms with Crippen LogP contribution in [0, 0.1) is 0 Å². The minimum atomic E-state index is -5.05. The van der Waals surface area contributed by atoms with E-state index in [4.69, 9.17) is 0 Å². The van der Waals surface area contributed by atoms with Crippen LogP contribution in [0.4, 0.5) is 26.3 Å². The first-order chi connectivity index (χ1) is 12.5. The molecule has 1 saturated carbocycles. The van der Waals surface area contributed by atoms with Crippen LogP contribution in [0.25, 0.3) is 0 Å². The maximum atomic E-state index is 12.8. The smallest absolute Gasteiger partial charge is 0.352 e. The molecule has 2 rings (SSSR count). The summed E-state index contributed by atoms with van der Waals surface area (Å²) >= 11 is 0. The van der Waals surface area contributed by atoms with Crippen molar-refractivity contribution in [3.63, 3.8) is 0 Å². The van der Waals surface area contributed by atoms with Gasteiger partial charge < -0.3 is 10.6 Å². The van der Waals surface area contributed by atoms with Gasteiger partial charge in [0.05, 0.1) is 17.7 Å². The minimum Gasteiger partial charge on any atom is -0.352 e. The van der Waals surface area contributed by atoms with Crippen molar-refractivity contribution >= 4 is 11.8 Å². The monoisotopic (exact) mass is 396 g/mol. The largest absolute Gasteiger partial charge is 0.416 e. The van der Waals surface area contributed by atoms with Crippen molar-refractivity contribution in [1.82, 2.24) is 10.6 Å². The van der Waals surface area contributed by atoms with E-state index in [9.17, 15) is 35.9 Å². The Morgan fingerprint density at radius 3 is 1.89 bits per heavy atom. The minimum absolute atomic E-state index is 0.0338. The zero-order valence-electron chi connectivity index (χ0n) is 14.1. The molecule has 1 aliphatic rings. The van der Waals surface area contributed by atoms with Crippen molar-refractivity contribution in [2.75, 3.05) is 6.54 Å². The van der Waals surface area contributed by atoms with E-state index in [-0.39, 0.29) is 12.1 Å². The number of carbonyl (C=O) groups is 2. The Bertz CT molecular complexity index is 661. The second-order valence-electron chi connectivity index (χ2n) is 6.38. The number of rotatable bonds is 4. The molecule has 1 fully saturated rings. The highest BCUT2D eigenvalue weighted by Crippen LogP contribution is 2.36. The zero-order chi connectivity index (χ0) is 20.2. The van der Waals surface area contributed by atoms with Crippen molar-refractivity contribution in [2.45, 2.75) is 50.5 Å². The average Bonchev–Trinajstić information content (AvgIpc) is 2.58. The fourth-order valence-corrected chi connectivity index (χ4v) is 2.87. The summed E-state index contributed by atoms with van der Waals surface area (Å²) in [5.74, 6) is -1.73. The Hall–Kier alpha value is -2.26. The van der Waals surface area contributed by atoms with E-state index in [2.05, 4.69) is 10.6 Å². The van der Waals surface area contributed by atoms with Crippen LogP contribution in [0.5, 0.6) is 0 Å². The van der Waals surface area contributed by atoms with Gasteiger partial charge in [-0.05, 0) is 31.0 Å². The number of amides is 2. The molecule has 0 bridgehead atoms. The molecule has 0 atom stereocenters. The summed E-state index contributed by atoms with van der Waals surface area (Å²) in [6.07, 6.45) is -5.52. The molecule has 0 saturated heterocycles. The van der Waals surface area contributed by atoms with E-state index in [0.29, 0.717) is 12.1 Å². The number of alkyl halides is 6. The van der Waals surface area contributed by atoms with Crippen LogP contribution >= 0.6 is 0 Å². The predicted octanol–water partition coefficient (Wildman–Crippen LogP) is 3.90. The number of nitrogens with one attached hydrogen (secondary N) is 2. The van der Waals surface area contributed by atoms with Gasteiger partial charge in [-0.3, -0.25) is 9.59 Å². The maximum absolute atomic E-state index is 12.8. The van der Waals surface area contributed by atoms with Gasteiger partial charge in [-0.15, -0.1) is 0 Å². The normalized spacial score (nSPS) is 16.1. The van der Waals surface area contributed by atoms with Gasteiger partial charge in [0, 0.05) is 11.6 Å².